The lowest BCUT2D eigenvalue weighted by atomic mass is 9.43. The van der Waals surface area contributed by atoms with Crippen LogP contribution >= 0.6 is 0 Å². The zero-order valence-corrected chi connectivity index (χ0v) is 18.4. The van der Waals surface area contributed by atoms with Crippen molar-refractivity contribution in [2.45, 2.75) is 57.7 Å². The van der Waals surface area contributed by atoms with Crippen molar-refractivity contribution in [3.8, 4) is 0 Å². The zero-order valence-electron chi connectivity index (χ0n) is 17.6. The molecule has 6 rings (SSSR count). The third-order valence-electron chi connectivity index (χ3n) is 7.83. The number of nitrogens with one attached hydrogen (secondary N) is 1. The van der Waals surface area contributed by atoms with Crippen molar-refractivity contribution in [1.29, 1.82) is 0 Å². The standard InChI is InChI=1S/C22H28BNO5S/c1-5-30(25,26)24-20(10-14-13-27-17-9-7-6-8-16(14)17)23-28-19-12-15-11-18(21(15,2)3)22(19,4)29-23/h5-9,13,15,18-20,24H,1,10-12H2,2-4H3/t15-,18-,19+,20-,22-/m0/s1. The molecule has 30 heavy (non-hydrogen) atoms. The molecule has 2 aromatic rings. The molecule has 1 aromatic heterocycles. The summed E-state index contributed by atoms with van der Waals surface area (Å²) in [6.07, 6.45) is 4.16. The maximum absolute atomic E-state index is 12.4. The largest absolute Gasteiger partial charge is 0.477 e. The second-order valence-corrected chi connectivity index (χ2v) is 11.4. The van der Waals surface area contributed by atoms with Crippen LogP contribution in [0.3, 0.4) is 0 Å². The molecule has 2 heterocycles. The molecule has 0 radical (unpaired) electrons. The number of para-hydroxylation sites is 1. The van der Waals surface area contributed by atoms with Gasteiger partial charge >= 0.3 is 7.12 Å². The van der Waals surface area contributed by atoms with E-state index in [0.717, 1.165) is 34.8 Å². The van der Waals surface area contributed by atoms with Gasteiger partial charge < -0.3 is 13.7 Å². The highest BCUT2D eigenvalue weighted by atomic mass is 32.2. The molecule has 1 N–H and O–H groups in total. The number of benzene rings is 1. The second kappa shape index (κ2) is 6.69. The quantitative estimate of drug-likeness (QED) is 0.709. The molecule has 3 saturated carbocycles. The minimum absolute atomic E-state index is 0.0175. The van der Waals surface area contributed by atoms with E-state index in [1.807, 2.05) is 24.3 Å². The summed E-state index contributed by atoms with van der Waals surface area (Å²) in [5.74, 6) is 0.450. The van der Waals surface area contributed by atoms with Crippen molar-refractivity contribution in [3.05, 3.63) is 48.1 Å². The summed E-state index contributed by atoms with van der Waals surface area (Å²) in [6, 6.07) is 7.73. The molecule has 0 spiro atoms. The number of furan rings is 1. The fourth-order valence-corrected chi connectivity index (χ4v) is 6.66. The van der Waals surface area contributed by atoms with E-state index in [-0.39, 0.29) is 11.5 Å². The first kappa shape index (κ1) is 20.3. The van der Waals surface area contributed by atoms with Gasteiger partial charge in [0.05, 0.1) is 23.9 Å². The topological polar surface area (TPSA) is 77.8 Å². The van der Waals surface area contributed by atoms with Crippen LogP contribution < -0.4 is 4.72 Å². The van der Waals surface area contributed by atoms with Gasteiger partial charge in [-0.2, -0.15) is 0 Å². The van der Waals surface area contributed by atoms with Gasteiger partial charge in [-0.05, 0) is 55.1 Å². The van der Waals surface area contributed by atoms with Gasteiger partial charge in [-0.25, -0.2) is 13.1 Å². The van der Waals surface area contributed by atoms with Crippen molar-refractivity contribution >= 4 is 28.1 Å². The van der Waals surface area contributed by atoms with Gasteiger partial charge in [0, 0.05) is 10.8 Å². The van der Waals surface area contributed by atoms with E-state index in [1.165, 1.54) is 0 Å². The summed E-state index contributed by atoms with van der Waals surface area (Å²) in [5.41, 5.74) is 1.51. The van der Waals surface area contributed by atoms with E-state index in [2.05, 4.69) is 32.1 Å². The third-order valence-corrected chi connectivity index (χ3v) is 8.90. The fraction of sp³-hybridized carbons (Fsp3) is 0.545. The summed E-state index contributed by atoms with van der Waals surface area (Å²) < 4.78 is 46.0. The van der Waals surface area contributed by atoms with E-state index in [1.54, 1.807) is 6.26 Å². The summed E-state index contributed by atoms with van der Waals surface area (Å²) in [4.78, 5) is 0. The van der Waals surface area contributed by atoms with Gasteiger partial charge in [-0.15, -0.1) is 0 Å². The molecule has 0 unspecified atom stereocenters. The summed E-state index contributed by atoms with van der Waals surface area (Å²) in [5, 5.41) is 1.89. The third kappa shape index (κ3) is 2.99. The maximum atomic E-state index is 12.4. The number of sulfonamides is 1. The Morgan fingerprint density at radius 2 is 2.07 bits per heavy atom. The number of hydrogen-bond acceptors (Lipinski definition) is 5. The Kier molecular flexibility index (Phi) is 4.53. The van der Waals surface area contributed by atoms with Gasteiger partial charge in [0.15, 0.2) is 0 Å². The Hall–Kier alpha value is -1.61. The van der Waals surface area contributed by atoms with Crippen LogP contribution in [0.1, 0.15) is 39.2 Å². The molecule has 6 nitrogen and oxygen atoms in total. The van der Waals surface area contributed by atoms with Crippen molar-refractivity contribution in [2.75, 3.05) is 0 Å². The summed E-state index contributed by atoms with van der Waals surface area (Å²) >= 11 is 0. The molecule has 160 valence electrons. The van der Waals surface area contributed by atoms with Crippen LogP contribution in [0.25, 0.3) is 11.0 Å². The highest BCUT2D eigenvalue weighted by Crippen LogP contribution is 2.65. The first-order valence-corrected chi connectivity index (χ1v) is 12.1. The van der Waals surface area contributed by atoms with E-state index in [0.29, 0.717) is 18.3 Å². The first-order valence-electron chi connectivity index (χ1n) is 10.6. The Morgan fingerprint density at radius 1 is 1.30 bits per heavy atom. The second-order valence-electron chi connectivity index (χ2n) is 9.73. The Morgan fingerprint density at radius 3 is 2.80 bits per heavy atom. The Bertz CT molecular complexity index is 1100. The SMILES string of the molecule is C=CS(=O)(=O)N[C@@H](Cc1coc2ccccc12)B1O[C@@H]2C[C@@H]3C[C@@H](C3(C)C)[C@]2(C)O1. The lowest BCUT2D eigenvalue weighted by molar-refractivity contribution is -0.199. The molecular formula is C22H28BNO5S. The smallest absolute Gasteiger partial charge is 0.464 e. The Labute approximate surface area is 178 Å². The number of hydrogen-bond donors (Lipinski definition) is 1. The predicted molar refractivity (Wildman–Crippen MR) is 116 cm³/mol. The first-order chi connectivity index (χ1) is 14.1. The highest BCUT2D eigenvalue weighted by molar-refractivity contribution is 7.92. The van der Waals surface area contributed by atoms with Crippen LogP contribution in [0, 0.1) is 17.3 Å². The van der Waals surface area contributed by atoms with Gasteiger partial charge in [-0.1, -0.05) is 38.6 Å². The molecule has 2 bridgehead atoms. The van der Waals surface area contributed by atoms with Crippen LogP contribution in [-0.4, -0.2) is 33.2 Å². The lowest BCUT2D eigenvalue weighted by Gasteiger charge is -2.64. The molecule has 1 aliphatic heterocycles. The maximum Gasteiger partial charge on any atom is 0.477 e. The molecule has 3 aliphatic carbocycles. The minimum Gasteiger partial charge on any atom is -0.464 e. The van der Waals surface area contributed by atoms with E-state index < -0.39 is 28.7 Å². The normalized spacial score (nSPS) is 33.2. The monoisotopic (exact) mass is 429 g/mol. The van der Waals surface area contributed by atoms with Gasteiger partial charge in [0.25, 0.3) is 0 Å². The zero-order chi connectivity index (χ0) is 21.3. The van der Waals surface area contributed by atoms with Crippen LogP contribution in [0.2, 0.25) is 0 Å². The van der Waals surface area contributed by atoms with Gasteiger partial charge in [0.1, 0.15) is 5.58 Å². The van der Waals surface area contributed by atoms with E-state index in [9.17, 15) is 8.42 Å². The van der Waals surface area contributed by atoms with Crippen molar-refractivity contribution in [1.82, 2.24) is 4.72 Å². The average Bonchev–Trinajstić information content (AvgIpc) is 3.27. The summed E-state index contributed by atoms with van der Waals surface area (Å²) in [7, 11) is -4.34. The molecule has 1 aromatic carbocycles. The number of rotatable bonds is 6. The molecular weight excluding hydrogens is 401 g/mol. The van der Waals surface area contributed by atoms with Gasteiger partial charge in [-0.3, -0.25) is 0 Å². The molecule has 4 fully saturated rings. The predicted octanol–water partition coefficient (Wildman–Crippen LogP) is 3.67. The van der Waals surface area contributed by atoms with E-state index >= 15 is 0 Å². The molecule has 8 heteroatoms. The van der Waals surface area contributed by atoms with Crippen molar-refractivity contribution in [2.24, 2.45) is 17.3 Å². The molecule has 1 saturated heterocycles. The molecule has 5 atom stereocenters. The van der Waals surface area contributed by atoms with Gasteiger partial charge in [0.2, 0.25) is 10.0 Å². The van der Waals surface area contributed by atoms with Crippen LogP contribution in [0.4, 0.5) is 0 Å². The van der Waals surface area contributed by atoms with Crippen LogP contribution in [-0.2, 0) is 25.8 Å². The van der Waals surface area contributed by atoms with Crippen LogP contribution in [0.5, 0.6) is 0 Å². The van der Waals surface area contributed by atoms with Crippen LogP contribution in [0.15, 0.2) is 46.9 Å². The lowest BCUT2D eigenvalue weighted by Crippen LogP contribution is -2.65. The Balaban J connectivity index is 1.45. The summed E-state index contributed by atoms with van der Waals surface area (Å²) in [6.45, 7) is 10.2. The highest BCUT2D eigenvalue weighted by Gasteiger charge is 2.68. The number of fused-ring (bicyclic) bond motifs is 1. The average molecular weight is 429 g/mol. The van der Waals surface area contributed by atoms with E-state index in [4.69, 9.17) is 13.7 Å². The molecule has 0 amide bonds. The van der Waals surface area contributed by atoms with Crippen molar-refractivity contribution < 1.29 is 22.1 Å². The van der Waals surface area contributed by atoms with Crippen molar-refractivity contribution in [3.63, 3.8) is 0 Å². The minimum atomic E-state index is -3.67. The molecule has 4 aliphatic rings. The fourth-order valence-electron chi connectivity index (χ4n) is 5.95.